The van der Waals surface area contributed by atoms with Crippen LogP contribution in [0.1, 0.15) is 35.1 Å². The molecule has 1 fully saturated rings. The van der Waals surface area contributed by atoms with Crippen molar-refractivity contribution in [3.63, 3.8) is 0 Å². The van der Waals surface area contributed by atoms with Gasteiger partial charge in [-0.3, -0.25) is 0 Å². The second-order valence-corrected chi connectivity index (χ2v) is 3.16. The Hall–Kier alpha value is -1.39. The van der Waals surface area contributed by atoms with E-state index in [2.05, 4.69) is 14.9 Å². The van der Waals surface area contributed by atoms with Gasteiger partial charge in [-0.05, 0) is 23.2 Å². The molecule has 2 heterocycles. The number of ether oxygens (including phenoxy) is 1. The van der Waals surface area contributed by atoms with Gasteiger partial charge in [0.05, 0.1) is 0 Å². The summed E-state index contributed by atoms with van der Waals surface area (Å²) in [4.78, 5) is 11.1. The topological polar surface area (TPSA) is 65.2 Å². The predicted molar refractivity (Wildman–Crippen MR) is 35.2 cm³/mol. The first-order valence-corrected chi connectivity index (χ1v) is 3.89. The zero-order valence-corrected chi connectivity index (χ0v) is 6.19. The number of nitrogens with zero attached hydrogens (tertiary/aromatic N) is 2. The fourth-order valence-electron chi connectivity index (χ4n) is 1.47. The van der Waals surface area contributed by atoms with Gasteiger partial charge in [-0.2, -0.15) is 0 Å². The van der Waals surface area contributed by atoms with E-state index in [0.717, 1.165) is 12.8 Å². The minimum absolute atomic E-state index is 0.182. The molecule has 1 aliphatic heterocycles. The number of carbonyl (C=O) groups excluding carboxylic acids is 1. The van der Waals surface area contributed by atoms with Gasteiger partial charge in [0.2, 0.25) is 5.69 Å². The maximum absolute atomic E-state index is 11.1. The number of rotatable bonds is 1. The highest BCUT2D eigenvalue weighted by Crippen LogP contribution is 2.46. The van der Waals surface area contributed by atoms with Crippen LogP contribution in [0.5, 0.6) is 0 Å². The van der Waals surface area contributed by atoms with E-state index in [-0.39, 0.29) is 11.8 Å². The van der Waals surface area contributed by atoms with Crippen molar-refractivity contribution in [1.29, 1.82) is 0 Å². The molecule has 0 saturated heterocycles. The van der Waals surface area contributed by atoms with Crippen molar-refractivity contribution < 1.29 is 14.2 Å². The Morgan fingerprint density at radius 3 is 2.92 bits per heavy atom. The number of esters is 1. The summed E-state index contributed by atoms with van der Waals surface area (Å²) in [7, 11) is 0. The summed E-state index contributed by atoms with van der Waals surface area (Å²) in [5.41, 5.74) is 0.842. The standard InChI is InChI=1S/C7H6N2O3/c10-7-5-4(8-12-9-5)6(11-7)3-1-2-3/h3,6H,1-2H2. The first-order valence-electron chi connectivity index (χ1n) is 3.89. The first kappa shape index (κ1) is 6.16. The van der Waals surface area contributed by atoms with Crippen LogP contribution in [0.15, 0.2) is 4.63 Å². The van der Waals surface area contributed by atoms with Gasteiger partial charge in [0.25, 0.3) is 0 Å². The summed E-state index contributed by atoms with van der Waals surface area (Å²) in [6.07, 6.45) is 2.02. The average molecular weight is 166 g/mol. The molecule has 0 spiro atoms. The van der Waals surface area contributed by atoms with Gasteiger partial charge >= 0.3 is 5.97 Å². The summed E-state index contributed by atoms with van der Waals surface area (Å²) in [5, 5.41) is 7.14. The summed E-state index contributed by atoms with van der Waals surface area (Å²) >= 11 is 0. The van der Waals surface area contributed by atoms with E-state index in [9.17, 15) is 4.79 Å². The van der Waals surface area contributed by atoms with E-state index in [1.807, 2.05) is 0 Å². The lowest BCUT2D eigenvalue weighted by Gasteiger charge is -2.04. The van der Waals surface area contributed by atoms with Gasteiger partial charge < -0.3 is 4.74 Å². The molecule has 0 amide bonds. The molecule has 1 aliphatic carbocycles. The number of carbonyl (C=O) groups is 1. The predicted octanol–water partition coefficient (Wildman–Crippen LogP) is 0.691. The molecule has 1 aromatic rings. The molecule has 1 saturated carbocycles. The molecule has 1 unspecified atom stereocenters. The summed E-state index contributed by atoms with van der Waals surface area (Å²) in [6.45, 7) is 0. The van der Waals surface area contributed by atoms with Crippen LogP contribution in [0.3, 0.4) is 0 Å². The molecule has 12 heavy (non-hydrogen) atoms. The minimum Gasteiger partial charge on any atom is -0.450 e. The van der Waals surface area contributed by atoms with Gasteiger partial charge in [-0.15, -0.1) is 0 Å². The third-order valence-corrected chi connectivity index (χ3v) is 2.26. The van der Waals surface area contributed by atoms with Crippen LogP contribution in [-0.2, 0) is 4.74 Å². The van der Waals surface area contributed by atoms with E-state index in [1.54, 1.807) is 0 Å². The second-order valence-electron chi connectivity index (χ2n) is 3.16. The quantitative estimate of drug-likeness (QED) is 0.574. The average Bonchev–Trinajstić information content (AvgIpc) is 2.68. The molecule has 0 bridgehead atoms. The number of hydrogen-bond donors (Lipinski definition) is 0. The van der Waals surface area contributed by atoms with Crippen LogP contribution in [0.2, 0.25) is 0 Å². The highest BCUT2D eigenvalue weighted by atomic mass is 16.6. The molecule has 5 heteroatoms. The molecular weight excluding hydrogens is 160 g/mol. The van der Waals surface area contributed by atoms with Gasteiger partial charge in [-0.1, -0.05) is 0 Å². The molecule has 0 N–H and O–H groups in total. The Labute approximate surface area is 67.7 Å². The second kappa shape index (κ2) is 1.85. The fourth-order valence-corrected chi connectivity index (χ4v) is 1.47. The van der Waals surface area contributed by atoms with Crippen molar-refractivity contribution in [2.75, 3.05) is 0 Å². The number of hydrogen-bond acceptors (Lipinski definition) is 5. The summed E-state index contributed by atoms with van der Waals surface area (Å²) < 4.78 is 9.54. The monoisotopic (exact) mass is 166 g/mol. The Morgan fingerprint density at radius 2 is 2.17 bits per heavy atom. The highest BCUT2D eigenvalue weighted by molar-refractivity contribution is 5.91. The van der Waals surface area contributed by atoms with E-state index < -0.39 is 5.97 Å². The zero-order chi connectivity index (χ0) is 8.13. The van der Waals surface area contributed by atoms with Crippen molar-refractivity contribution in [2.24, 2.45) is 5.92 Å². The summed E-state index contributed by atoms with van der Waals surface area (Å²) in [5.74, 6) is 0.0465. The van der Waals surface area contributed by atoms with Crippen molar-refractivity contribution in [3.05, 3.63) is 11.4 Å². The largest absolute Gasteiger partial charge is 0.450 e. The number of fused-ring (bicyclic) bond motifs is 1. The lowest BCUT2D eigenvalue weighted by Crippen LogP contribution is -2.01. The fraction of sp³-hybridized carbons (Fsp3) is 0.571. The van der Waals surface area contributed by atoms with Crippen molar-refractivity contribution >= 4 is 5.97 Å². The van der Waals surface area contributed by atoms with Crippen molar-refractivity contribution in [3.8, 4) is 0 Å². The molecule has 3 rings (SSSR count). The van der Waals surface area contributed by atoms with Crippen LogP contribution in [0, 0.1) is 5.92 Å². The van der Waals surface area contributed by atoms with E-state index >= 15 is 0 Å². The SMILES string of the molecule is O=C1OC(C2CC2)c2nonc21. The Morgan fingerprint density at radius 1 is 1.33 bits per heavy atom. The van der Waals surface area contributed by atoms with Crippen LogP contribution in [0.4, 0.5) is 0 Å². The molecule has 1 aromatic heterocycles. The van der Waals surface area contributed by atoms with Crippen LogP contribution >= 0.6 is 0 Å². The smallest absolute Gasteiger partial charge is 0.363 e. The lowest BCUT2D eigenvalue weighted by atomic mass is 10.2. The van der Waals surface area contributed by atoms with E-state index in [1.165, 1.54) is 0 Å². The van der Waals surface area contributed by atoms with Crippen LogP contribution in [-0.4, -0.2) is 16.3 Å². The van der Waals surface area contributed by atoms with Crippen molar-refractivity contribution in [2.45, 2.75) is 18.9 Å². The Balaban J connectivity index is 2.06. The maximum Gasteiger partial charge on any atom is 0.363 e. The number of aromatic nitrogens is 2. The highest BCUT2D eigenvalue weighted by Gasteiger charge is 2.45. The Kier molecular flexibility index (Phi) is 0.951. The molecule has 2 aliphatic rings. The molecule has 5 nitrogen and oxygen atoms in total. The lowest BCUT2D eigenvalue weighted by molar-refractivity contribution is 0.0297. The zero-order valence-electron chi connectivity index (χ0n) is 6.19. The molecular formula is C7H6N2O3. The van der Waals surface area contributed by atoms with Gasteiger partial charge in [0, 0.05) is 5.92 Å². The normalized spacial score (nSPS) is 27.0. The number of cyclic esters (lactones) is 1. The van der Waals surface area contributed by atoms with Gasteiger partial charge in [0.1, 0.15) is 0 Å². The van der Waals surface area contributed by atoms with Crippen LogP contribution in [0.25, 0.3) is 0 Å². The van der Waals surface area contributed by atoms with Crippen LogP contribution < -0.4 is 0 Å². The molecule has 0 radical (unpaired) electrons. The maximum atomic E-state index is 11.1. The van der Waals surface area contributed by atoms with E-state index in [4.69, 9.17) is 4.74 Å². The van der Waals surface area contributed by atoms with Gasteiger partial charge in [0.15, 0.2) is 11.8 Å². The summed E-state index contributed by atoms with van der Waals surface area (Å²) in [6, 6.07) is 0. The molecule has 62 valence electrons. The first-order chi connectivity index (χ1) is 5.86. The molecule has 1 atom stereocenters. The minimum atomic E-state index is -0.400. The van der Waals surface area contributed by atoms with Crippen molar-refractivity contribution in [1.82, 2.24) is 10.3 Å². The Bertz CT molecular complexity index is 342. The van der Waals surface area contributed by atoms with Gasteiger partial charge in [-0.25, -0.2) is 9.42 Å². The van der Waals surface area contributed by atoms with E-state index in [0.29, 0.717) is 11.6 Å². The third kappa shape index (κ3) is 0.654. The third-order valence-electron chi connectivity index (χ3n) is 2.26. The molecule has 0 aromatic carbocycles.